The number of rotatable bonds is 4. The Kier molecular flexibility index (Phi) is 4.85. The highest BCUT2D eigenvalue weighted by Gasteiger charge is 2.24. The van der Waals surface area contributed by atoms with Gasteiger partial charge in [-0.1, -0.05) is 48.5 Å². The van der Waals surface area contributed by atoms with Crippen molar-refractivity contribution in [3.05, 3.63) is 106 Å². The molecule has 0 atom stereocenters. The van der Waals surface area contributed by atoms with Gasteiger partial charge in [-0.2, -0.15) is 0 Å². The van der Waals surface area contributed by atoms with Crippen LogP contribution in [-0.4, -0.2) is 31.4 Å². The van der Waals surface area contributed by atoms with Crippen LogP contribution in [-0.2, 0) is 19.5 Å². The van der Waals surface area contributed by atoms with E-state index in [0.29, 0.717) is 12.4 Å². The molecule has 0 aliphatic carbocycles. The molecule has 4 heterocycles. The summed E-state index contributed by atoms with van der Waals surface area (Å²) in [7, 11) is 0. The molecule has 1 aliphatic heterocycles. The highest BCUT2D eigenvalue weighted by molar-refractivity contribution is 5.90. The fourth-order valence-corrected chi connectivity index (χ4v) is 4.69. The molecule has 3 aromatic heterocycles. The summed E-state index contributed by atoms with van der Waals surface area (Å²) in [5, 5.41) is 1.22. The van der Waals surface area contributed by atoms with Crippen LogP contribution in [0.3, 0.4) is 0 Å². The van der Waals surface area contributed by atoms with Gasteiger partial charge in [0.05, 0.1) is 17.0 Å². The number of fused-ring (bicyclic) bond motifs is 2. The molecule has 0 amide bonds. The van der Waals surface area contributed by atoms with Gasteiger partial charge in [-0.3, -0.25) is 14.7 Å². The summed E-state index contributed by atoms with van der Waals surface area (Å²) in [6, 6.07) is 22.6. The Bertz CT molecular complexity index is 1490. The second-order valence-corrected chi connectivity index (χ2v) is 8.43. The van der Waals surface area contributed by atoms with Crippen LogP contribution in [0.4, 0.5) is 0 Å². The number of para-hydroxylation sites is 1. The van der Waals surface area contributed by atoms with E-state index in [1.165, 1.54) is 16.5 Å². The Hall–Kier alpha value is -4.03. The molecule has 162 valence electrons. The zero-order valence-corrected chi connectivity index (χ0v) is 18.1. The predicted octanol–water partition coefficient (Wildman–Crippen LogP) is 4.54. The lowest BCUT2D eigenvalue weighted by Gasteiger charge is -2.28. The molecule has 6 heteroatoms. The van der Waals surface area contributed by atoms with Gasteiger partial charge in [0.25, 0.3) is 5.56 Å². The van der Waals surface area contributed by atoms with E-state index < -0.39 is 0 Å². The molecule has 0 saturated carbocycles. The maximum atomic E-state index is 13.0. The maximum Gasteiger partial charge on any atom is 0.255 e. The Labute approximate surface area is 191 Å². The van der Waals surface area contributed by atoms with Gasteiger partial charge in [-0.15, -0.1) is 0 Å². The van der Waals surface area contributed by atoms with E-state index in [9.17, 15) is 4.79 Å². The maximum absolute atomic E-state index is 13.0. The zero-order chi connectivity index (χ0) is 22.2. The molecule has 0 fully saturated rings. The summed E-state index contributed by atoms with van der Waals surface area (Å²) >= 11 is 0. The molecule has 0 radical (unpaired) electrons. The molecular weight excluding hydrogens is 410 g/mol. The van der Waals surface area contributed by atoms with Crippen LogP contribution in [0.2, 0.25) is 0 Å². The largest absolute Gasteiger partial charge is 0.354 e. The molecule has 0 spiro atoms. The number of benzene rings is 2. The lowest BCUT2D eigenvalue weighted by molar-refractivity contribution is 0.243. The van der Waals surface area contributed by atoms with E-state index in [1.54, 1.807) is 12.4 Å². The van der Waals surface area contributed by atoms with Gasteiger partial charge in [0.15, 0.2) is 0 Å². The number of aromatic amines is 2. The van der Waals surface area contributed by atoms with Crippen molar-refractivity contribution in [1.82, 2.24) is 24.8 Å². The first-order chi connectivity index (χ1) is 16.3. The van der Waals surface area contributed by atoms with Crippen LogP contribution in [0.15, 0.2) is 83.9 Å². The van der Waals surface area contributed by atoms with Gasteiger partial charge in [0.2, 0.25) is 0 Å². The van der Waals surface area contributed by atoms with Gasteiger partial charge >= 0.3 is 0 Å². The van der Waals surface area contributed by atoms with Crippen molar-refractivity contribution < 1.29 is 0 Å². The van der Waals surface area contributed by atoms with Crippen LogP contribution in [0.1, 0.15) is 16.8 Å². The van der Waals surface area contributed by atoms with Gasteiger partial charge in [0, 0.05) is 54.9 Å². The van der Waals surface area contributed by atoms with Crippen LogP contribution >= 0.6 is 0 Å². The fraction of sp³-hybridized carbons (Fsp3) is 0.148. The molecule has 1 aliphatic rings. The van der Waals surface area contributed by atoms with Crippen molar-refractivity contribution >= 4 is 10.9 Å². The molecule has 0 bridgehead atoms. The van der Waals surface area contributed by atoms with E-state index >= 15 is 0 Å². The minimum atomic E-state index is -0.0641. The topological polar surface area (TPSA) is 77.7 Å². The van der Waals surface area contributed by atoms with Crippen LogP contribution in [0.5, 0.6) is 0 Å². The third kappa shape index (κ3) is 3.64. The Morgan fingerprint density at radius 3 is 2.58 bits per heavy atom. The number of pyridine rings is 1. The highest BCUT2D eigenvalue weighted by atomic mass is 16.1. The van der Waals surface area contributed by atoms with Gasteiger partial charge in [-0.05, 0) is 29.3 Å². The van der Waals surface area contributed by atoms with Crippen molar-refractivity contribution in [1.29, 1.82) is 0 Å². The summed E-state index contributed by atoms with van der Waals surface area (Å²) in [5.41, 5.74) is 7.10. The highest BCUT2D eigenvalue weighted by Crippen LogP contribution is 2.32. The lowest BCUT2D eigenvalue weighted by Crippen LogP contribution is -2.35. The number of H-pyrrole nitrogens is 2. The van der Waals surface area contributed by atoms with Crippen LogP contribution in [0, 0.1) is 0 Å². The third-order valence-corrected chi connectivity index (χ3v) is 6.34. The Morgan fingerprint density at radius 2 is 1.73 bits per heavy atom. The van der Waals surface area contributed by atoms with Crippen molar-refractivity contribution in [2.75, 3.05) is 6.54 Å². The first-order valence-corrected chi connectivity index (χ1v) is 11.2. The molecule has 0 saturated heterocycles. The smallest absolute Gasteiger partial charge is 0.255 e. The molecule has 2 aromatic carbocycles. The van der Waals surface area contributed by atoms with Gasteiger partial charge in [-0.25, -0.2) is 4.98 Å². The lowest BCUT2D eigenvalue weighted by atomic mass is 10.0. The fourth-order valence-electron chi connectivity index (χ4n) is 4.69. The van der Waals surface area contributed by atoms with Crippen molar-refractivity contribution in [2.24, 2.45) is 0 Å². The second-order valence-electron chi connectivity index (χ2n) is 8.43. The normalized spacial score (nSPS) is 13.8. The molecular formula is C27H23N5O. The van der Waals surface area contributed by atoms with Gasteiger partial charge < -0.3 is 9.97 Å². The van der Waals surface area contributed by atoms with Crippen molar-refractivity contribution in [2.45, 2.75) is 19.5 Å². The molecule has 5 aromatic rings. The summed E-state index contributed by atoms with van der Waals surface area (Å²) in [4.78, 5) is 30.8. The average molecular weight is 434 g/mol. The summed E-state index contributed by atoms with van der Waals surface area (Å²) in [6.07, 6.45) is 4.18. The van der Waals surface area contributed by atoms with Gasteiger partial charge in [0.1, 0.15) is 5.82 Å². The molecule has 2 N–H and O–H groups in total. The van der Waals surface area contributed by atoms with E-state index in [4.69, 9.17) is 4.98 Å². The second kappa shape index (κ2) is 8.15. The number of hydrogen-bond donors (Lipinski definition) is 2. The van der Waals surface area contributed by atoms with Crippen LogP contribution < -0.4 is 5.56 Å². The first kappa shape index (κ1) is 19.6. The van der Waals surface area contributed by atoms with E-state index in [1.807, 2.05) is 18.2 Å². The van der Waals surface area contributed by atoms with E-state index in [0.717, 1.165) is 47.5 Å². The van der Waals surface area contributed by atoms with E-state index in [-0.39, 0.29) is 5.56 Å². The molecule has 0 unspecified atom stereocenters. The summed E-state index contributed by atoms with van der Waals surface area (Å²) in [5.74, 6) is 0.586. The number of nitrogens with one attached hydrogen (secondary N) is 2. The number of hydrogen-bond acceptors (Lipinski definition) is 4. The van der Waals surface area contributed by atoms with Crippen molar-refractivity contribution in [3.8, 4) is 22.6 Å². The first-order valence-electron chi connectivity index (χ1n) is 11.2. The summed E-state index contributed by atoms with van der Waals surface area (Å²) < 4.78 is 0. The van der Waals surface area contributed by atoms with Crippen LogP contribution in [0.25, 0.3) is 33.5 Å². The Morgan fingerprint density at radius 1 is 0.909 bits per heavy atom. The summed E-state index contributed by atoms with van der Waals surface area (Å²) in [6.45, 7) is 2.19. The average Bonchev–Trinajstić information content (AvgIpc) is 3.24. The zero-order valence-electron chi connectivity index (χ0n) is 18.1. The molecule has 6 nitrogen and oxygen atoms in total. The predicted molar refractivity (Wildman–Crippen MR) is 130 cm³/mol. The SMILES string of the molecule is O=c1[nH]c(-c2cccnc2)nc2c1CN(Cc1c(-c3ccccc3)[nH]c3ccccc13)CC2. The van der Waals surface area contributed by atoms with E-state index in [2.05, 4.69) is 68.4 Å². The molecule has 33 heavy (non-hydrogen) atoms. The quantitative estimate of drug-likeness (QED) is 0.436. The number of nitrogens with zero attached hydrogens (tertiary/aromatic N) is 3. The monoisotopic (exact) mass is 433 g/mol. The number of aromatic nitrogens is 4. The third-order valence-electron chi connectivity index (χ3n) is 6.34. The minimum absolute atomic E-state index is 0.0641. The Balaban J connectivity index is 1.34. The minimum Gasteiger partial charge on any atom is -0.354 e. The molecule has 6 rings (SSSR count). The van der Waals surface area contributed by atoms with Crippen molar-refractivity contribution in [3.63, 3.8) is 0 Å². The standard InChI is InChI=1S/C27H23N5O/c33-27-22-17-32(14-12-24(22)30-26(31-27)19-9-6-13-28-15-19)16-21-20-10-4-5-11-23(20)29-25(21)18-7-2-1-3-8-18/h1-11,13,15,29H,12,14,16-17H2,(H,30,31,33).